The molecule has 1 aromatic rings. The van der Waals surface area contributed by atoms with E-state index in [2.05, 4.69) is 10.2 Å². The number of carbonyl (C=O) groups excluding carboxylic acids is 2. The van der Waals surface area contributed by atoms with Crippen LogP contribution < -0.4 is 15.0 Å². The molecule has 0 fully saturated rings. The van der Waals surface area contributed by atoms with Gasteiger partial charge in [0.2, 0.25) is 11.8 Å². The molecule has 1 aromatic carbocycles. The summed E-state index contributed by atoms with van der Waals surface area (Å²) in [6.07, 6.45) is 1.30. The predicted molar refractivity (Wildman–Crippen MR) is 101 cm³/mol. The Kier molecular flexibility index (Phi) is 8.99. The standard InChI is InChI=1S/C19H31N3O3/c1-15(2)25-18-9-7-17(8-10-18)22(16(3)23)14-11-19(24)20-12-6-13-21(4)5/h7-10,15H,6,11-14H2,1-5H3,(H,20,24). The molecule has 6 nitrogen and oxygen atoms in total. The number of amides is 2. The lowest BCUT2D eigenvalue weighted by atomic mass is 10.2. The molecule has 0 aliphatic carbocycles. The lowest BCUT2D eigenvalue weighted by molar-refractivity contribution is -0.121. The van der Waals surface area contributed by atoms with Gasteiger partial charge < -0.3 is 19.9 Å². The van der Waals surface area contributed by atoms with Crippen molar-refractivity contribution < 1.29 is 14.3 Å². The Hall–Kier alpha value is -2.08. The molecule has 0 heterocycles. The van der Waals surface area contributed by atoms with Gasteiger partial charge in [-0.25, -0.2) is 0 Å². The van der Waals surface area contributed by atoms with Crippen LogP contribution in [0, 0.1) is 0 Å². The van der Waals surface area contributed by atoms with Crippen molar-refractivity contribution in [2.45, 2.75) is 39.7 Å². The largest absolute Gasteiger partial charge is 0.491 e. The summed E-state index contributed by atoms with van der Waals surface area (Å²) >= 11 is 0. The lowest BCUT2D eigenvalue weighted by Crippen LogP contribution is -2.34. The van der Waals surface area contributed by atoms with Crippen LogP contribution in [-0.4, -0.2) is 56.5 Å². The van der Waals surface area contributed by atoms with E-state index < -0.39 is 0 Å². The van der Waals surface area contributed by atoms with Gasteiger partial charge >= 0.3 is 0 Å². The number of rotatable bonds is 10. The van der Waals surface area contributed by atoms with Crippen LogP contribution >= 0.6 is 0 Å². The fourth-order valence-electron chi connectivity index (χ4n) is 2.37. The van der Waals surface area contributed by atoms with Gasteiger partial charge in [-0.2, -0.15) is 0 Å². The van der Waals surface area contributed by atoms with Crippen molar-refractivity contribution in [3.63, 3.8) is 0 Å². The molecule has 0 unspecified atom stereocenters. The molecule has 0 atom stereocenters. The van der Waals surface area contributed by atoms with Crippen molar-refractivity contribution in [2.75, 3.05) is 38.6 Å². The molecule has 0 saturated carbocycles. The highest BCUT2D eigenvalue weighted by Crippen LogP contribution is 2.20. The van der Waals surface area contributed by atoms with Crippen molar-refractivity contribution in [3.05, 3.63) is 24.3 Å². The van der Waals surface area contributed by atoms with E-state index in [9.17, 15) is 9.59 Å². The summed E-state index contributed by atoms with van der Waals surface area (Å²) in [5.41, 5.74) is 0.768. The number of nitrogens with zero attached hydrogens (tertiary/aromatic N) is 2. The zero-order valence-electron chi connectivity index (χ0n) is 16.0. The fraction of sp³-hybridized carbons (Fsp3) is 0.579. The van der Waals surface area contributed by atoms with Crippen LogP contribution in [0.3, 0.4) is 0 Å². The average Bonchev–Trinajstić information content (AvgIpc) is 2.52. The highest BCUT2D eigenvalue weighted by molar-refractivity contribution is 5.92. The van der Waals surface area contributed by atoms with Gasteiger partial charge in [-0.15, -0.1) is 0 Å². The van der Waals surface area contributed by atoms with Gasteiger partial charge in [0.25, 0.3) is 0 Å². The second kappa shape index (κ2) is 10.7. The molecule has 0 spiro atoms. The molecular weight excluding hydrogens is 318 g/mol. The third-order valence-electron chi connectivity index (χ3n) is 3.57. The SMILES string of the molecule is CC(=O)N(CCC(=O)NCCCN(C)C)c1ccc(OC(C)C)cc1. The Morgan fingerprint density at radius 2 is 1.76 bits per heavy atom. The molecule has 0 aromatic heterocycles. The quantitative estimate of drug-likeness (QED) is 0.658. The van der Waals surface area contributed by atoms with Gasteiger partial charge in [-0.3, -0.25) is 9.59 Å². The van der Waals surface area contributed by atoms with Crippen molar-refractivity contribution in [2.24, 2.45) is 0 Å². The first-order valence-electron chi connectivity index (χ1n) is 8.76. The van der Waals surface area contributed by atoms with Crippen LogP contribution in [0.25, 0.3) is 0 Å². The smallest absolute Gasteiger partial charge is 0.223 e. The molecule has 2 amide bonds. The number of benzene rings is 1. The number of carbonyl (C=O) groups is 2. The first kappa shape index (κ1) is 21.0. The summed E-state index contributed by atoms with van der Waals surface area (Å²) in [6.45, 7) is 7.38. The fourth-order valence-corrected chi connectivity index (χ4v) is 2.37. The minimum Gasteiger partial charge on any atom is -0.491 e. The van der Waals surface area contributed by atoms with Crippen molar-refractivity contribution in [1.82, 2.24) is 10.2 Å². The summed E-state index contributed by atoms with van der Waals surface area (Å²) in [6, 6.07) is 7.36. The number of ether oxygens (including phenoxy) is 1. The first-order valence-corrected chi connectivity index (χ1v) is 8.76. The molecule has 0 aliphatic rings. The Bertz CT molecular complexity index is 541. The number of hydrogen-bond donors (Lipinski definition) is 1. The third-order valence-corrected chi connectivity index (χ3v) is 3.57. The van der Waals surface area contributed by atoms with E-state index in [1.807, 2.05) is 52.2 Å². The Morgan fingerprint density at radius 3 is 2.28 bits per heavy atom. The van der Waals surface area contributed by atoms with E-state index in [4.69, 9.17) is 4.74 Å². The van der Waals surface area contributed by atoms with Gasteiger partial charge in [0.15, 0.2) is 0 Å². The van der Waals surface area contributed by atoms with E-state index in [1.54, 1.807) is 4.90 Å². The number of nitrogens with one attached hydrogen (secondary N) is 1. The van der Waals surface area contributed by atoms with Crippen LogP contribution in [-0.2, 0) is 9.59 Å². The Balaban J connectivity index is 2.51. The Labute approximate surface area is 151 Å². The third kappa shape index (κ3) is 8.54. The zero-order chi connectivity index (χ0) is 18.8. The topological polar surface area (TPSA) is 61.9 Å². The number of anilines is 1. The monoisotopic (exact) mass is 349 g/mol. The molecule has 1 rings (SSSR count). The van der Waals surface area contributed by atoms with Crippen molar-refractivity contribution in [3.8, 4) is 5.75 Å². The van der Waals surface area contributed by atoms with Crippen LogP contribution in [0.15, 0.2) is 24.3 Å². The first-order chi connectivity index (χ1) is 11.8. The van der Waals surface area contributed by atoms with Gasteiger partial charge in [-0.05, 0) is 65.2 Å². The van der Waals surface area contributed by atoms with E-state index >= 15 is 0 Å². The highest BCUT2D eigenvalue weighted by atomic mass is 16.5. The molecule has 0 radical (unpaired) electrons. The second-order valence-electron chi connectivity index (χ2n) is 6.59. The van der Waals surface area contributed by atoms with E-state index in [1.165, 1.54) is 6.92 Å². The summed E-state index contributed by atoms with van der Waals surface area (Å²) in [7, 11) is 4.01. The maximum absolute atomic E-state index is 11.9. The van der Waals surface area contributed by atoms with E-state index in [-0.39, 0.29) is 24.3 Å². The van der Waals surface area contributed by atoms with Gasteiger partial charge in [0, 0.05) is 32.1 Å². The summed E-state index contributed by atoms with van der Waals surface area (Å²) in [4.78, 5) is 27.5. The van der Waals surface area contributed by atoms with Gasteiger partial charge in [-0.1, -0.05) is 0 Å². The highest BCUT2D eigenvalue weighted by Gasteiger charge is 2.13. The van der Waals surface area contributed by atoms with E-state index in [0.717, 1.165) is 24.4 Å². The molecule has 0 saturated heterocycles. The van der Waals surface area contributed by atoms with E-state index in [0.29, 0.717) is 13.1 Å². The molecular formula is C19H31N3O3. The zero-order valence-corrected chi connectivity index (χ0v) is 16.0. The molecule has 0 bridgehead atoms. The molecule has 1 N–H and O–H groups in total. The van der Waals surface area contributed by atoms with Gasteiger partial charge in [0.1, 0.15) is 5.75 Å². The van der Waals surface area contributed by atoms with Crippen molar-refractivity contribution in [1.29, 1.82) is 0 Å². The maximum Gasteiger partial charge on any atom is 0.223 e. The van der Waals surface area contributed by atoms with Crippen LogP contribution in [0.5, 0.6) is 5.75 Å². The predicted octanol–water partition coefficient (Wildman–Crippen LogP) is 2.28. The summed E-state index contributed by atoms with van der Waals surface area (Å²) in [5, 5.41) is 2.89. The van der Waals surface area contributed by atoms with Crippen LogP contribution in [0.4, 0.5) is 5.69 Å². The lowest BCUT2D eigenvalue weighted by Gasteiger charge is -2.21. The average molecular weight is 349 g/mol. The molecule has 25 heavy (non-hydrogen) atoms. The Morgan fingerprint density at radius 1 is 1.12 bits per heavy atom. The van der Waals surface area contributed by atoms with Gasteiger partial charge in [0.05, 0.1) is 6.10 Å². The minimum atomic E-state index is -0.0852. The number of hydrogen-bond acceptors (Lipinski definition) is 4. The van der Waals surface area contributed by atoms with Crippen molar-refractivity contribution >= 4 is 17.5 Å². The molecule has 6 heteroatoms. The summed E-state index contributed by atoms with van der Waals surface area (Å²) in [5.74, 6) is 0.642. The van der Waals surface area contributed by atoms with Crippen LogP contribution in [0.1, 0.15) is 33.6 Å². The van der Waals surface area contributed by atoms with Crippen LogP contribution in [0.2, 0.25) is 0 Å². The summed E-state index contributed by atoms with van der Waals surface area (Å²) < 4.78 is 5.61. The maximum atomic E-state index is 11.9. The minimum absolute atomic E-state index is 0.0373. The molecule has 140 valence electrons. The molecule has 0 aliphatic heterocycles. The normalized spacial score (nSPS) is 10.8. The second-order valence-corrected chi connectivity index (χ2v) is 6.59.